The number of methoxy groups -OCH3 is 1. The van der Waals surface area contributed by atoms with Crippen molar-refractivity contribution in [3.8, 4) is 5.75 Å². The molecule has 17 heavy (non-hydrogen) atoms. The predicted octanol–water partition coefficient (Wildman–Crippen LogP) is 1.03. The van der Waals surface area contributed by atoms with Crippen LogP contribution < -0.4 is 16.2 Å². The van der Waals surface area contributed by atoms with Gasteiger partial charge in [-0.05, 0) is 24.1 Å². The van der Waals surface area contributed by atoms with Gasteiger partial charge in [-0.25, -0.2) is 0 Å². The third-order valence-electron chi connectivity index (χ3n) is 2.40. The van der Waals surface area contributed by atoms with Crippen molar-refractivity contribution in [1.82, 2.24) is 10.2 Å². The molecule has 0 spiro atoms. The molecule has 0 radical (unpaired) electrons. The Hall–Kier alpha value is -2.24. The number of aryl methyl sites for hydroxylation is 2. The number of anilines is 2. The number of rotatable bonds is 4. The summed E-state index contributed by atoms with van der Waals surface area (Å²) in [5, 5.41) is 7.38. The Morgan fingerprint density at radius 2 is 2.06 bits per heavy atom. The van der Waals surface area contributed by atoms with E-state index in [-0.39, 0.29) is 6.01 Å². The molecule has 0 saturated carbocycles. The Morgan fingerprint density at radius 1 is 1.24 bits per heavy atom. The molecule has 0 aliphatic heterocycles. The highest BCUT2D eigenvalue weighted by Crippen LogP contribution is 2.22. The van der Waals surface area contributed by atoms with Crippen molar-refractivity contribution in [2.45, 2.75) is 12.8 Å². The highest BCUT2D eigenvalue weighted by molar-refractivity contribution is 5.54. The summed E-state index contributed by atoms with van der Waals surface area (Å²) in [6.45, 7) is 0. The molecule has 6 nitrogen and oxygen atoms in total. The second-order valence-corrected chi connectivity index (χ2v) is 3.61. The summed E-state index contributed by atoms with van der Waals surface area (Å²) >= 11 is 0. The lowest BCUT2D eigenvalue weighted by Gasteiger charge is -2.06. The van der Waals surface area contributed by atoms with Crippen LogP contribution in [0.5, 0.6) is 5.75 Å². The topological polar surface area (TPSA) is 100 Å². The first-order valence-electron chi connectivity index (χ1n) is 5.19. The zero-order valence-electron chi connectivity index (χ0n) is 9.51. The first-order valence-corrected chi connectivity index (χ1v) is 5.19. The minimum Gasteiger partial charge on any atom is -0.495 e. The lowest BCUT2D eigenvalue weighted by molar-refractivity contribution is 0.417. The Bertz CT molecular complexity index is 510. The van der Waals surface area contributed by atoms with Crippen molar-refractivity contribution in [3.63, 3.8) is 0 Å². The van der Waals surface area contributed by atoms with E-state index >= 15 is 0 Å². The van der Waals surface area contributed by atoms with Crippen LogP contribution in [0.2, 0.25) is 0 Å². The van der Waals surface area contributed by atoms with E-state index in [1.54, 1.807) is 7.11 Å². The van der Waals surface area contributed by atoms with Gasteiger partial charge >= 0.3 is 6.01 Å². The Kier molecular flexibility index (Phi) is 3.13. The number of nitrogens with zero attached hydrogens (tertiary/aromatic N) is 2. The third kappa shape index (κ3) is 2.66. The molecule has 90 valence electrons. The summed E-state index contributed by atoms with van der Waals surface area (Å²) in [6, 6.07) is 5.76. The molecule has 2 rings (SSSR count). The van der Waals surface area contributed by atoms with Crippen molar-refractivity contribution >= 4 is 11.7 Å². The maximum Gasteiger partial charge on any atom is 0.312 e. The van der Waals surface area contributed by atoms with Crippen LogP contribution in [-0.2, 0) is 12.8 Å². The zero-order chi connectivity index (χ0) is 12.3. The number of benzene rings is 1. The van der Waals surface area contributed by atoms with Crippen molar-refractivity contribution < 1.29 is 9.15 Å². The van der Waals surface area contributed by atoms with Crippen LogP contribution in [-0.4, -0.2) is 17.3 Å². The maximum atomic E-state index is 5.81. The zero-order valence-corrected chi connectivity index (χ0v) is 9.51. The van der Waals surface area contributed by atoms with Crippen LogP contribution in [0.25, 0.3) is 0 Å². The van der Waals surface area contributed by atoms with E-state index in [2.05, 4.69) is 10.2 Å². The Labute approximate surface area is 98.6 Å². The number of nitrogens with two attached hydrogens (primary N) is 2. The summed E-state index contributed by atoms with van der Waals surface area (Å²) < 4.78 is 10.2. The molecular formula is C11H14N4O2. The van der Waals surface area contributed by atoms with Crippen LogP contribution in [0.4, 0.5) is 11.7 Å². The number of aromatic nitrogens is 2. The maximum absolute atomic E-state index is 5.81. The molecule has 1 aromatic heterocycles. The van der Waals surface area contributed by atoms with Crippen LogP contribution in [0.1, 0.15) is 11.5 Å². The van der Waals surface area contributed by atoms with Gasteiger partial charge in [-0.15, -0.1) is 5.10 Å². The van der Waals surface area contributed by atoms with Gasteiger partial charge in [0.1, 0.15) is 5.75 Å². The molecule has 0 amide bonds. The minimum absolute atomic E-state index is 0.0919. The van der Waals surface area contributed by atoms with E-state index in [1.165, 1.54) is 0 Å². The third-order valence-corrected chi connectivity index (χ3v) is 2.40. The van der Waals surface area contributed by atoms with Gasteiger partial charge in [0.2, 0.25) is 5.89 Å². The summed E-state index contributed by atoms with van der Waals surface area (Å²) in [4.78, 5) is 0. The van der Waals surface area contributed by atoms with Gasteiger partial charge in [-0.2, -0.15) is 0 Å². The highest BCUT2D eigenvalue weighted by atomic mass is 16.5. The number of hydrogen-bond donors (Lipinski definition) is 2. The lowest BCUT2D eigenvalue weighted by Crippen LogP contribution is -1.96. The molecule has 1 aromatic carbocycles. The predicted molar refractivity (Wildman–Crippen MR) is 63.5 cm³/mol. The summed E-state index contributed by atoms with van der Waals surface area (Å²) in [5.41, 5.74) is 12.8. The van der Waals surface area contributed by atoms with Crippen molar-refractivity contribution in [3.05, 3.63) is 29.7 Å². The first kappa shape index (κ1) is 11.3. The molecule has 0 unspecified atom stereocenters. The quantitative estimate of drug-likeness (QED) is 0.766. The summed E-state index contributed by atoms with van der Waals surface area (Å²) in [6.07, 6.45) is 1.39. The van der Waals surface area contributed by atoms with Crippen LogP contribution in [0.15, 0.2) is 22.6 Å². The van der Waals surface area contributed by atoms with Crippen molar-refractivity contribution in [2.75, 3.05) is 18.6 Å². The fourth-order valence-corrected chi connectivity index (χ4v) is 1.56. The highest BCUT2D eigenvalue weighted by Gasteiger charge is 2.05. The van der Waals surface area contributed by atoms with E-state index < -0.39 is 0 Å². The molecule has 0 fully saturated rings. The van der Waals surface area contributed by atoms with Crippen LogP contribution in [0.3, 0.4) is 0 Å². The summed E-state index contributed by atoms with van der Waals surface area (Å²) in [7, 11) is 1.59. The monoisotopic (exact) mass is 234 g/mol. The largest absolute Gasteiger partial charge is 0.495 e. The summed E-state index contributed by atoms with van der Waals surface area (Å²) in [5.74, 6) is 1.20. The lowest BCUT2D eigenvalue weighted by atomic mass is 10.1. The molecule has 0 aliphatic carbocycles. The normalized spacial score (nSPS) is 10.4. The molecule has 0 bridgehead atoms. The molecule has 0 aliphatic rings. The first-order chi connectivity index (χ1) is 8.19. The van der Waals surface area contributed by atoms with Crippen molar-refractivity contribution in [1.29, 1.82) is 0 Å². The molecule has 6 heteroatoms. The fraction of sp³-hybridized carbons (Fsp3) is 0.273. The van der Waals surface area contributed by atoms with Gasteiger partial charge in [0.15, 0.2) is 0 Å². The molecular weight excluding hydrogens is 220 g/mol. The van der Waals surface area contributed by atoms with E-state index in [4.69, 9.17) is 20.6 Å². The number of hydrogen-bond acceptors (Lipinski definition) is 6. The van der Waals surface area contributed by atoms with Crippen molar-refractivity contribution in [2.24, 2.45) is 0 Å². The molecule has 0 atom stereocenters. The molecule has 0 saturated heterocycles. The number of nitrogen functional groups attached to an aromatic ring is 2. The van der Waals surface area contributed by atoms with E-state index in [0.29, 0.717) is 23.7 Å². The standard InChI is InChI=1S/C11H14N4O2/c1-16-9-4-2-7(6-8(9)12)3-5-10-14-15-11(13)17-10/h2,4,6H,3,5,12H2,1H3,(H2,13,15). The van der Waals surface area contributed by atoms with E-state index in [1.807, 2.05) is 18.2 Å². The van der Waals surface area contributed by atoms with Crippen LogP contribution >= 0.6 is 0 Å². The fourth-order valence-electron chi connectivity index (χ4n) is 1.56. The van der Waals surface area contributed by atoms with Gasteiger partial charge in [0.05, 0.1) is 12.8 Å². The van der Waals surface area contributed by atoms with Crippen LogP contribution in [0, 0.1) is 0 Å². The SMILES string of the molecule is COc1ccc(CCc2nnc(N)o2)cc1N. The van der Waals surface area contributed by atoms with E-state index in [0.717, 1.165) is 12.0 Å². The van der Waals surface area contributed by atoms with Gasteiger partial charge in [-0.1, -0.05) is 11.2 Å². The molecule has 2 aromatic rings. The minimum atomic E-state index is 0.0919. The Balaban J connectivity index is 2.02. The second kappa shape index (κ2) is 4.73. The number of ether oxygens (including phenoxy) is 1. The van der Waals surface area contributed by atoms with Gasteiger partial charge in [-0.3, -0.25) is 0 Å². The Morgan fingerprint density at radius 3 is 2.65 bits per heavy atom. The van der Waals surface area contributed by atoms with Gasteiger partial charge < -0.3 is 20.6 Å². The van der Waals surface area contributed by atoms with Gasteiger partial charge in [0, 0.05) is 6.42 Å². The smallest absolute Gasteiger partial charge is 0.312 e. The molecule has 1 heterocycles. The average molecular weight is 234 g/mol. The van der Waals surface area contributed by atoms with E-state index in [9.17, 15) is 0 Å². The molecule has 4 N–H and O–H groups in total. The second-order valence-electron chi connectivity index (χ2n) is 3.61. The average Bonchev–Trinajstić information content (AvgIpc) is 2.73. The van der Waals surface area contributed by atoms with Gasteiger partial charge in [0.25, 0.3) is 0 Å².